The Morgan fingerprint density at radius 3 is 2.60 bits per heavy atom. The van der Waals surface area contributed by atoms with Crippen LogP contribution in [0.2, 0.25) is 0 Å². The van der Waals surface area contributed by atoms with Crippen molar-refractivity contribution in [2.24, 2.45) is 7.05 Å². The van der Waals surface area contributed by atoms with E-state index in [4.69, 9.17) is 9.62 Å². The van der Waals surface area contributed by atoms with Crippen LogP contribution in [0, 0.1) is 6.92 Å². The third-order valence-corrected chi connectivity index (χ3v) is 11.0. The molecule has 4 aromatic heterocycles. The van der Waals surface area contributed by atoms with E-state index >= 15 is 0 Å². The lowest BCUT2D eigenvalue weighted by Gasteiger charge is -2.32. The van der Waals surface area contributed by atoms with Gasteiger partial charge in [-0.25, -0.2) is 9.50 Å². The van der Waals surface area contributed by atoms with Crippen LogP contribution in [0.1, 0.15) is 103 Å². The van der Waals surface area contributed by atoms with Crippen molar-refractivity contribution < 1.29 is 18.9 Å². The van der Waals surface area contributed by atoms with Gasteiger partial charge in [-0.15, -0.1) is 0 Å². The van der Waals surface area contributed by atoms with E-state index in [1.54, 1.807) is 6.33 Å². The summed E-state index contributed by atoms with van der Waals surface area (Å²) in [6.07, 6.45) is 7.58. The van der Waals surface area contributed by atoms with Gasteiger partial charge < -0.3 is 14.7 Å². The Bertz CT molecular complexity index is 2430. The summed E-state index contributed by atoms with van der Waals surface area (Å²) in [6.45, 7) is 11.2. The smallest absolute Gasteiger partial charge is 0.292 e. The second-order valence-corrected chi connectivity index (χ2v) is 15.9. The van der Waals surface area contributed by atoms with Gasteiger partial charge in [-0.3, -0.25) is 24.4 Å². The van der Waals surface area contributed by atoms with Gasteiger partial charge >= 0.3 is 0 Å². The lowest BCUT2D eigenvalue weighted by molar-refractivity contribution is -0.134. The van der Waals surface area contributed by atoms with E-state index in [9.17, 15) is 14.4 Å². The van der Waals surface area contributed by atoms with Gasteiger partial charge in [-0.05, 0) is 92.1 Å². The highest BCUT2D eigenvalue weighted by Gasteiger charge is 2.32. The second kappa shape index (κ2) is 14.5. The molecule has 3 amide bonds. The number of piperidine rings is 2. The maximum atomic E-state index is 12.7. The van der Waals surface area contributed by atoms with E-state index in [0.29, 0.717) is 31.2 Å². The van der Waals surface area contributed by atoms with Crippen molar-refractivity contribution >= 4 is 34.1 Å². The van der Waals surface area contributed by atoms with Crippen LogP contribution in [0.4, 0.5) is 0 Å². The number of imide groups is 1. The maximum Gasteiger partial charge on any atom is 0.292 e. The number of nitrogens with zero attached hydrogens (tertiary/aromatic N) is 8. The molecule has 2 saturated heterocycles. The Kier molecular flexibility index (Phi) is 9.53. The lowest BCUT2D eigenvalue weighted by Crippen LogP contribution is -2.39. The summed E-state index contributed by atoms with van der Waals surface area (Å²) in [5.41, 5.74) is 8.77. The molecule has 1 unspecified atom stereocenters. The number of nitrogens with one attached hydrogen (secondary N) is 2. The first-order valence-corrected chi connectivity index (χ1v) is 19.0. The first kappa shape index (κ1) is 36.2. The third-order valence-electron chi connectivity index (χ3n) is 11.0. The molecule has 0 saturated carbocycles. The molecule has 6 aromatic rings. The Morgan fingerprint density at radius 1 is 1.04 bits per heavy atom. The number of hydrogen-bond acceptors (Lipinski definition) is 10. The van der Waals surface area contributed by atoms with Crippen molar-refractivity contribution in [2.75, 3.05) is 19.6 Å². The number of aromatic nitrogens is 7. The maximum absolute atomic E-state index is 12.7. The van der Waals surface area contributed by atoms with Crippen molar-refractivity contribution in [1.29, 1.82) is 0 Å². The average Bonchev–Trinajstić information content (AvgIpc) is 3.91. The van der Waals surface area contributed by atoms with Crippen LogP contribution in [0.25, 0.3) is 27.7 Å². The van der Waals surface area contributed by atoms with Crippen LogP contribution in [0.5, 0.6) is 0 Å². The van der Waals surface area contributed by atoms with Gasteiger partial charge in [0, 0.05) is 49.1 Å². The van der Waals surface area contributed by atoms with E-state index in [2.05, 4.69) is 72.3 Å². The summed E-state index contributed by atoms with van der Waals surface area (Å²) >= 11 is 0. The fraction of sp³-hybridized carbons (Fsp3) is 0.415. The Labute approximate surface area is 318 Å². The predicted octanol–water partition coefficient (Wildman–Crippen LogP) is 5.14. The van der Waals surface area contributed by atoms with E-state index < -0.39 is 5.92 Å². The van der Waals surface area contributed by atoms with Gasteiger partial charge in [0.05, 0.1) is 28.3 Å². The topological polar surface area (TPSA) is 165 Å². The zero-order valence-electron chi connectivity index (χ0n) is 31.9. The van der Waals surface area contributed by atoms with Crippen molar-refractivity contribution in [3.63, 3.8) is 0 Å². The monoisotopic (exact) mass is 742 g/mol. The average molecular weight is 743 g/mol. The zero-order chi connectivity index (χ0) is 38.4. The highest BCUT2D eigenvalue weighted by atomic mass is 16.5. The van der Waals surface area contributed by atoms with Crippen molar-refractivity contribution in [3.05, 3.63) is 94.7 Å². The van der Waals surface area contributed by atoms with Crippen LogP contribution < -0.4 is 10.6 Å². The van der Waals surface area contributed by atoms with Gasteiger partial charge in [0.2, 0.25) is 17.7 Å². The highest BCUT2D eigenvalue weighted by molar-refractivity contribution is 6.02. The Morgan fingerprint density at radius 2 is 1.85 bits per heavy atom. The van der Waals surface area contributed by atoms with Gasteiger partial charge in [-0.1, -0.05) is 50.2 Å². The molecule has 0 radical (unpaired) electrons. The lowest BCUT2D eigenvalue weighted by atomic mass is 9.87. The fourth-order valence-electron chi connectivity index (χ4n) is 7.80. The number of carbonyl (C=O) groups excluding carboxylic acids is 3. The Hall–Kier alpha value is -5.76. The number of carbonyl (C=O) groups is 3. The van der Waals surface area contributed by atoms with Crippen LogP contribution in [0.3, 0.4) is 0 Å². The quantitative estimate of drug-likeness (QED) is 0.190. The molecule has 0 spiro atoms. The van der Waals surface area contributed by atoms with E-state index in [1.165, 1.54) is 11.1 Å². The third kappa shape index (κ3) is 7.38. The van der Waals surface area contributed by atoms with Gasteiger partial charge in [0.25, 0.3) is 11.7 Å². The molecule has 0 bridgehead atoms. The minimum Gasteiger partial charge on any atom is -0.345 e. The number of benzene rings is 2. The van der Waals surface area contributed by atoms with Crippen LogP contribution >= 0.6 is 0 Å². The minimum atomic E-state index is -0.399. The number of aryl methyl sites for hydroxylation is 2. The number of likely N-dealkylation sites (tertiary alicyclic amines) is 1. The van der Waals surface area contributed by atoms with Crippen LogP contribution in [-0.4, -0.2) is 76.8 Å². The molecular weight excluding hydrogens is 697 g/mol. The minimum absolute atomic E-state index is 0.0275. The van der Waals surface area contributed by atoms with Gasteiger partial charge in [-0.2, -0.15) is 15.2 Å². The number of fused-ring (bicyclic) bond motifs is 2. The van der Waals surface area contributed by atoms with E-state index in [-0.39, 0.29) is 29.0 Å². The van der Waals surface area contributed by atoms with Crippen LogP contribution in [0.15, 0.2) is 59.5 Å². The summed E-state index contributed by atoms with van der Waals surface area (Å²) in [5, 5.41) is 19.4. The molecule has 1 atom stereocenters. The molecular formula is C41H46N10O4. The largest absolute Gasteiger partial charge is 0.345 e. The van der Waals surface area contributed by atoms with Gasteiger partial charge in [0.1, 0.15) is 6.33 Å². The summed E-state index contributed by atoms with van der Waals surface area (Å²) in [5.74, 6) is -0.338. The molecule has 14 nitrogen and oxygen atoms in total. The summed E-state index contributed by atoms with van der Waals surface area (Å²) in [7, 11) is 1.92. The molecule has 55 heavy (non-hydrogen) atoms. The van der Waals surface area contributed by atoms with Crippen molar-refractivity contribution in [2.45, 2.75) is 83.6 Å². The summed E-state index contributed by atoms with van der Waals surface area (Å²) in [6, 6.07) is 14.9. The fourth-order valence-corrected chi connectivity index (χ4v) is 7.80. The normalized spacial score (nSPS) is 17.3. The SMILES string of the molecule is Cc1cc(-c2ncnn3cc(CCN4CCC(c5ccc6c(C7CCC(=O)NC7=O)nn(C)c6c5)CC4)cc23)ccc1CNC(=O)c1noc(C(C)(C)C)n1. The number of hydrogen-bond donors (Lipinski definition) is 2. The molecule has 2 aliphatic rings. The molecule has 2 aromatic carbocycles. The Balaban J connectivity index is 0.874. The van der Waals surface area contributed by atoms with Gasteiger partial charge in [0.15, 0.2) is 0 Å². The number of amides is 3. The predicted molar refractivity (Wildman–Crippen MR) is 205 cm³/mol. The van der Waals surface area contributed by atoms with E-state index in [1.807, 2.05) is 56.1 Å². The van der Waals surface area contributed by atoms with Crippen molar-refractivity contribution in [1.82, 2.24) is 50.1 Å². The standard InChI is InChI=1S/C41H46N10O4/c1-24-18-28(6-7-29(24)21-42-39(54)37-46-40(55-48-37)41(2,3)4)35-33-19-25(22-51(33)44-23-43-35)12-15-50-16-13-26(14-17-50)27-8-9-30-32(20-27)49(5)47-36(30)31-10-11-34(52)45-38(31)53/h6-9,18-20,22-23,26,31H,10-17,21H2,1-5H3,(H,42,54)(H,45,52,53). The number of rotatable bonds is 9. The summed E-state index contributed by atoms with van der Waals surface area (Å²) < 4.78 is 9.04. The van der Waals surface area contributed by atoms with E-state index in [0.717, 1.165) is 83.4 Å². The molecule has 2 aliphatic heterocycles. The molecule has 0 aliphatic carbocycles. The molecule has 2 N–H and O–H groups in total. The molecule has 2 fully saturated rings. The molecule has 8 rings (SSSR count). The highest BCUT2D eigenvalue weighted by Crippen LogP contribution is 2.35. The zero-order valence-corrected chi connectivity index (χ0v) is 31.9. The first-order chi connectivity index (χ1) is 26.4. The molecule has 284 valence electrons. The summed E-state index contributed by atoms with van der Waals surface area (Å²) in [4.78, 5) is 48.4. The first-order valence-electron chi connectivity index (χ1n) is 19.0. The molecule has 6 heterocycles. The molecule has 14 heteroatoms. The second-order valence-electron chi connectivity index (χ2n) is 15.9. The van der Waals surface area contributed by atoms with Crippen LogP contribution in [-0.2, 0) is 35.0 Å². The van der Waals surface area contributed by atoms with Crippen molar-refractivity contribution in [3.8, 4) is 11.3 Å².